The van der Waals surface area contributed by atoms with E-state index in [-0.39, 0.29) is 23.2 Å². The number of carbonyl (C=O) groups is 1. The standard InChI is InChI=1S/C20H31N3O3S.ClH/c1-16(17-8-10-21-11-9-17)14-20(24)22-18-6-5-7-19(15-18)27(25,26)23-12-3-2-4-13-23;/h5-7,15-17,21H,2-4,8-14H2,1H3,(H,22,24);1H. The predicted octanol–water partition coefficient (Wildman–Crippen LogP) is 3.25. The van der Waals surface area contributed by atoms with Gasteiger partial charge < -0.3 is 10.6 Å². The Morgan fingerprint density at radius 1 is 1.21 bits per heavy atom. The zero-order valence-electron chi connectivity index (χ0n) is 16.5. The maximum absolute atomic E-state index is 12.8. The molecule has 1 amide bonds. The highest BCUT2D eigenvalue weighted by molar-refractivity contribution is 7.89. The van der Waals surface area contributed by atoms with Gasteiger partial charge in [0.1, 0.15) is 0 Å². The maximum Gasteiger partial charge on any atom is 0.243 e. The van der Waals surface area contributed by atoms with E-state index in [1.54, 1.807) is 28.6 Å². The van der Waals surface area contributed by atoms with Crippen LogP contribution in [0, 0.1) is 11.8 Å². The maximum atomic E-state index is 12.8. The highest BCUT2D eigenvalue weighted by atomic mass is 35.5. The molecule has 2 aliphatic rings. The van der Waals surface area contributed by atoms with Crippen LogP contribution in [-0.4, -0.2) is 44.8 Å². The number of hydrogen-bond donors (Lipinski definition) is 2. The molecule has 6 nitrogen and oxygen atoms in total. The van der Waals surface area contributed by atoms with Crippen molar-refractivity contribution in [1.29, 1.82) is 0 Å². The summed E-state index contributed by atoms with van der Waals surface area (Å²) in [5, 5.41) is 6.24. The molecule has 8 heteroatoms. The number of halogens is 1. The van der Waals surface area contributed by atoms with Crippen LogP contribution in [-0.2, 0) is 14.8 Å². The summed E-state index contributed by atoms with van der Waals surface area (Å²) >= 11 is 0. The summed E-state index contributed by atoms with van der Waals surface area (Å²) in [6.45, 7) is 5.33. The molecule has 2 N–H and O–H groups in total. The first-order valence-corrected chi connectivity index (χ1v) is 11.5. The van der Waals surface area contributed by atoms with Crippen molar-refractivity contribution >= 4 is 34.0 Å². The SMILES string of the molecule is CC(CC(=O)Nc1cccc(S(=O)(=O)N2CCCCC2)c1)C1CCNCC1.Cl. The molecule has 28 heavy (non-hydrogen) atoms. The number of amides is 1. The molecule has 3 rings (SSSR count). The van der Waals surface area contributed by atoms with Crippen molar-refractivity contribution in [3.05, 3.63) is 24.3 Å². The summed E-state index contributed by atoms with van der Waals surface area (Å²) in [7, 11) is -3.49. The Hall–Kier alpha value is -1.15. The van der Waals surface area contributed by atoms with E-state index in [1.165, 1.54) is 0 Å². The zero-order chi connectivity index (χ0) is 19.3. The van der Waals surface area contributed by atoms with Crippen LogP contribution < -0.4 is 10.6 Å². The lowest BCUT2D eigenvalue weighted by atomic mass is 9.84. The molecule has 2 heterocycles. The molecule has 0 radical (unpaired) electrons. The Morgan fingerprint density at radius 3 is 2.57 bits per heavy atom. The molecular formula is C20H32ClN3O3S. The van der Waals surface area contributed by atoms with Crippen LogP contribution in [0.4, 0.5) is 5.69 Å². The lowest BCUT2D eigenvalue weighted by Crippen LogP contribution is -2.35. The molecule has 2 aliphatic heterocycles. The molecule has 1 unspecified atom stereocenters. The highest BCUT2D eigenvalue weighted by Gasteiger charge is 2.26. The van der Waals surface area contributed by atoms with Crippen LogP contribution >= 0.6 is 12.4 Å². The second kappa shape index (κ2) is 10.6. The molecule has 2 saturated heterocycles. The van der Waals surface area contributed by atoms with E-state index >= 15 is 0 Å². The Balaban J connectivity index is 0.00000280. The summed E-state index contributed by atoms with van der Waals surface area (Å²) in [6.07, 6.45) is 5.58. The number of benzene rings is 1. The number of carbonyl (C=O) groups excluding carboxylic acids is 1. The van der Waals surface area contributed by atoms with Crippen molar-refractivity contribution in [2.24, 2.45) is 11.8 Å². The first-order chi connectivity index (χ1) is 13.0. The molecule has 1 atom stereocenters. The second-order valence-electron chi connectivity index (χ2n) is 7.81. The first-order valence-electron chi connectivity index (χ1n) is 10.1. The Bertz CT molecular complexity index is 745. The fraction of sp³-hybridized carbons (Fsp3) is 0.650. The molecule has 1 aromatic rings. The minimum absolute atomic E-state index is 0. The van der Waals surface area contributed by atoms with Crippen LogP contribution in [0.25, 0.3) is 0 Å². The number of sulfonamides is 1. The lowest BCUT2D eigenvalue weighted by Gasteiger charge is -2.28. The van der Waals surface area contributed by atoms with E-state index in [4.69, 9.17) is 0 Å². The van der Waals surface area contributed by atoms with E-state index in [0.29, 0.717) is 37.0 Å². The van der Waals surface area contributed by atoms with Gasteiger partial charge in [-0.25, -0.2) is 8.42 Å². The van der Waals surface area contributed by atoms with E-state index in [0.717, 1.165) is 45.2 Å². The molecule has 2 fully saturated rings. The molecular weight excluding hydrogens is 398 g/mol. The summed E-state index contributed by atoms with van der Waals surface area (Å²) in [5.41, 5.74) is 0.551. The third kappa shape index (κ3) is 5.92. The number of rotatable bonds is 6. The number of piperidine rings is 2. The van der Waals surface area contributed by atoms with Gasteiger partial charge in [0.15, 0.2) is 0 Å². The van der Waals surface area contributed by atoms with Crippen molar-refractivity contribution in [3.63, 3.8) is 0 Å². The number of anilines is 1. The first kappa shape index (κ1) is 23.1. The van der Waals surface area contributed by atoms with Crippen molar-refractivity contribution in [2.75, 3.05) is 31.5 Å². The molecule has 0 spiro atoms. The lowest BCUT2D eigenvalue weighted by molar-refractivity contribution is -0.117. The van der Waals surface area contributed by atoms with Gasteiger partial charge in [-0.2, -0.15) is 4.31 Å². The quantitative estimate of drug-likeness (QED) is 0.727. The normalized spacial score (nSPS) is 20.2. The molecule has 1 aromatic carbocycles. The Labute approximate surface area is 174 Å². The van der Waals surface area contributed by atoms with E-state index < -0.39 is 10.0 Å². The Morgan fingerprint density at radius 2 is 1.89 bits per heavy atom. The smallest absolute Gasteiger partial charge is 0.243 e. The third-order valence-corrected chi connectivity index (χ3v) is 7.66. The van der Waals surface area contributed by atoms with Crippen LogP contribution in [0.3, 0.4) is 0 Å². The summed E-state index contributed by atoms with van der Waals surface area (Å²) in [6, 6.07) is 6.64. The molecule has 0 bridgehead atoms. The summed E-state index contributed by atoms with van der Waals surface area (Å²) < 4.78 is 27.2. The summed E-state index contributed by atoms with van der Waals surface area (Å²) in [4.78, 5) is 12.7. The Kier molecular flexibility index (Phi) is 8.74. The van der Waals surface area contributed by atoms with Gasteiger partial charge in [-0.1, -0.05) is 19.4 Å². The van der Waals surface area contributed by atoms with E-state index in [9.17, 15) is 13.2 Å². The largest absolute Gasteiger partial charge is 0.326 e. The molecule has 0 aromatic heterocycles. The van der Waals surface area contributed by atoms with Crippen LogP contribution in [0.1, 0.15) is 45.4 Å². The average molecular weight is 430 g/mol. The number of nitrogens with one attached hydrogen (secondary N) is 2. The zero-order valence-corrected chi connectivity index (χ0v) is 18.2. The molecule has 0 aliphatic carbocycles. The predicted molar refractivity (Wildman–Crippen MR) is 114 cm³/mol. The number of hydrogen-bond acceptors (Lipinski definition) is 4. The monoisotopic (exact) mass is 429 g/mol. The van der Waals surface area contributed by atoms with Gasteiger partial charge in [0.2, 0.25) is 15.9 Å². The van der Waals surface area contributed by atoms with Gasteiger partial charge in [-0.15, -0.1) is 12.4 Å². The molecule has 0 saturated carbocycles. The van der Waals surface area contributed by atoms with Crippen LogP contribution in [0.2, 0.25) is 0 Å². The van der Waals surface area contributed by atoms with Crippen LogP contribution in [0.5, 0.6) is 0 Å². The van der Waals surface area contributed by atoms with Gasteiger partial charge in [0.25, 0.3) is 0 Å². The van der Waals surface area contributed by atoms with Gasteiger partial charge in [-0.3, -0.25) is 4.79 Å². The fourth-order valence-electron chi connectivity index (χ4n) is 4.07. The fourth-order valence-corrected chi connectivity index (χ4v) is 5.64. The van der Waals surface area contributed by atoms with Crippen molar-refractivity contribution in [2.45, 2.75) is 50.3 Å². The second-order valence-corrected chi connectivity index (χ2v) is 9.75. The van der Waals surface area contributed by atoms with Crippen molar-refractivity contribution in [1.82, 2.24) is 9.62 Å². The van der Waals surface area contributed by atoms with Gasteiger partial charge in [-0.05, 0) is 68.8 Å². The van der Waals surface area contributed by atoms with Gasteiger partial charge in [0.05, 0.1) is 4.90 Å². The topological polar surface area (TPSA) is 78.5 Å². The van der Waals surface area contributed by atoms with Crippen LogP contribution in [0.15, 0.2) is 29.2 Å². The van der Waals surface area contributed by atoms with Crippen molar-refractivity contribution in [3.8, 4) is 0 Å². The summed E-state index contributed by atoms with van der Waals surface area (Å²) in [5.74, 6) is 0.851. The van der Waals surface area contributed by atoms with E-state index in [2.05, 4.69) is 17.6 Å². The highest BCUT2D eigenvalue weighted by Crippen LogP contribution is 2.26. The van der Waals surface area contributed by atoms with Gasteiger partial charge >= 0.3 is 0 Å². The minimum atomic E-state index is -3.49. The third-order valence-electron chi connectivity index (χ3n) is 5.77. The van der Waals surface area contributed by atoms with E-state index in [1.807, 2.05) is 0 Å². The van der Waals surface area contributed by atoms with Crippen molar-refractivity contribution < 1.29 is 13.2 Å². The molecule has 158 valence electrons. The average Bonchev–Trinajstić information content (AvgIpc) is 2.69. The van der Waals surface area contributed by atoms with Gasteiger partial charge in [0, 0.05) is 25.2 Å². The minimum Gasteiger partial charge on any atom is -0.326 e. The number of nitrogens with zero attached hydrogens (tertiary/aromatic N) is 1.